The van der Waals surface area contributed by atoms with Crippen molar-refractivity contribution in [1.82, 2.24) is 9.29 Å². The van der Waals surface area contributed by atoms with E-state index in [4.69, 9.17) is 4.42 Å². The second kappa shape index (κ2) is 6.16. The molecule has 0 aliphatic heterocycles. The van der Waals surface area contributed by atoms with E-state index in [0.717, 1.165) is 18.4 Å². The highest BCUT2D eigenvalue weighted by Gasteiger charge is 2.26. The van der Waals surface area contributed by atoms with E-state index >= 15 is 0 Å². The zero-order valence-electron chi connectivity index (χ0n) is 13.5. The van der Waals surface area contributed by atoms with E-state index in [-0.39, 0.29) is 18.3 Å². The van der Waals surface area contributed by atoms with Crippen molar-refractivity contribution in [3.63, 3.8) is 0 Å². The summed E-state index contributed by atoms with van der Waals surface area (Å²) in [5.41, 5.74) is 3.29. The van der Waals surface area contributed by atoms with Crippen LogP contribution in [-0.4, -0.2) is 18.7 Å². The maximum Gasteiger partial charge on any atom is 0.419 e. The molecule has 0 saturated carbocycles. The molecule has 3 aromatic rings. The molecule has 2 aromatic carbocycles. The van der Waals surface area contributed by atoms with Gasteiger partial charge in [-0.1, -0.05) is 36.4 Å². The molecular formula is C18H18N2O4S. The van der Waals surface area contributed by atoms with Gasteiger partial charge in [0.25, 0.3) is 0 Å². The number of nitrogens with zero attached hydrogens (tertiary/aromatic N) is 1. The first-order valence-electron chi connectivity index (χ1n) is 8.20. The lowest BCUT2D eigenvalue weighted by Crippen LogP contribution is -2.32. The molecule has 1 aliphatic rings. The van der Waals surface area contributed by atoms with E-state index in [2.05, 4.69) is 4.72 Å². The molecule has 25 heavy (non-hydrogen) atoms. The maximum absolute atomic E-state index is 12.5. The van der Waals surface area contributed by atoms with Crippen LogP contribution in [0.4, 0.5) is 0 Å². The molecule has 1 N–H and O–H groups in total. The fourth-order valence-corrected chi connectivity index (χ4v) is 4.61. The van der Waals surface area contributed by atoms with Gasteiger partial charge in [0, 0.05) is 12.6 Å². The summed E-state index contributed by atoms with van der Waals surface area (Å²) >= 11 is 0. The number of aromatic nitrogens is 1. The van der Waals surface area contributed by atoms with Gasteiger partial charge in [0.1, 0.15) is 0 Å². The molecule has 0 amide bonds. The van der Waals surface area contributed by atoms with Crippen molar-refractivity contribution < 1.29 is 12.8 Å². The summed E-state index contributed by atoms with van der Waals surface area (Å²) < 4.78 is 34.2. The topological polar surface area (TPSA) is 81.3 Å². The number of aryl methyl sites for hydroxylation is 2. The summed E-state index contributed by atoms with van der Waals surface area (Å²) in [6, 6.07) is 14.7. The van der Waals surface area contributed by atoms with E-state index < -0.39 is 15.8 Å². The average Bonchev–Trinajstić information content (AvgIpc) is 3.13. The van der Waals surface area contributed by atoms with Gasteiger partial charge in [0.15, 0.2) is 5.58 Å². The molecular weight excluding hydrogens is 340 g/mol. The maximum atomic E-state index is 12.5. The van der Waals surface area contributed by atoms with E-state index in [1.165, 1.54) is 10.1 Å². The summed E-state index contributed by atoms with van der Waals surface area (Å²) in [5.74, 6) is -0.711. The molecule has 0 saturated heterocycles. The first-order valence-corrected chi connectivity index (χ1v) is 9.85. The smallest absolute Gasteiger partial charge is 0.408 e. The van der Waals surface area contributed by atoms with E-state index in [1.54, 1.807) is 24.3 Å². The lowest BCUT2D eigenvalue weighted by atomic mass is 10.1. The van der Waals surface area contributed by atoms with Crippen molar-refractivity contribution in [2.75, 3.05) is 5.75 Å². The minimum atomic E-state index is -3.52. The summed E-state index contributed by atoms with van der Waals surface area (Å²) in [6.07, 6.45) is 1.63. The first-order chi connectivity index (χ1) is 12.0. The van der Waals surface area contributed by atoms with Crippen LogP contribution in [0.5, 0.6) is 0 Å². The Morgan fingerprint density at radius 1 is 1.12 bits per heavy atom. The third-order valence-electron chi connectivity index (χ3n) is 4.61. The molecule has 0 spiro atoms. The van der Waals surface area contributed by atoms with E-state index in [0.29, 0.717) is 11.1 Å². The van der Waals surface area contributed by atoms with Gasteiger partial charge in [0.05, 0.1) is 11.3 Å². The molecule has 0 radical (unpaired) electrons. The molecule has 4 rings (SSSR count). The van der Waals surface area contributed by atoms with Gasteiger partial charge >= 0.3 is 5.76 Å². The number of hydrogen-bond donors (Lipinski definition) is 1. The van der Waals surface area contributed by atoms with Gasteiger partial charge in [-0.3, -0.25) is 4.57 Å². The zero-order chi connectivity index (χ0) is 17.4. The minimum Gasteiger partial charge on any atom is -0.408 e. The Hall–Kier alpha value is -2.38. The van der Waals surface area contributed by atoms with Crippen LogP contribution in [0.25, 0.3) is 11.1 Å². The summed E-state index contributed by atoms with van der Waals surface area (Å²) in [7, 11) is -3.52. The third-order valence-corrected chi connectivity index (χ3v) is 5.98. The number of nitrogens with one attached hydrogen (secondary N) is 1. The van der Waals surface area contributed by atoms with E-state index in [1.807, 2.05) is 24.3 Å². The molecule has 1 atom stereocenters. The molecule has 0 fully saturated rings. The van der Waals surface area contributed by atoms with Gasteiger partial charge < -0.3 is 4.42 Å². The van der Waals surface area contributed by atoms with Crippen molar-refractivity contribution in [3.05, 3.63) is 70.2 Å². The lowest BCUT2D eigenvalue weighted by Gasteiger charge is -2.14. The van der Waals surface area contributed by atoms with Gasteiger partial charge in [0.2, 0.25) is 10.0 Å². The van der Waals surface area contributed by atoms with Gasteiger partial charge in [-0.05, 0) is 36.1 Å². The summed E-state index contributed by atoms with van der Waals surface area (Å²) in [5, 5.41) is 0. The van der Waals surface area contributed by atoms with Crippen molar-refractivity contribution in [3.8, 4) is 0 Å². The second-order valence-corrected chi connectivity index (χ2v) is 8.09. The average molecular weight is 358 g/mol. The largest absolute Gasteiger partial charge is 0.419 e. The van der Waals surface area contributed by atoms with Crippen LogP contribution < -0.4 is 10.5 Å². The first kappa shape index (κ1) is 16.1. The number of rotatable bonds is 5. The van der Waals surface area contributed by atoms with Crippen LogP contribution >= 0.6 is 0 Å². The van der Waals surface area contributed by atoms with Crippen molar-refractivity contribution in [2.45, 2.75) is 25.4 Å². The molecule has 1 aliphatic carbocycles. The van der Waals surface area contributed by atoms with Gasteiger partial charge in [-0.25, -0.2) is 17.9 Å². The van der Waals surface area contributed by atoms with Crippen LogP contribution in [0.2, 0.25) is 0 Å². The molecule has 0 unspecified atom stereocenters. The predicted molar refractivity (Wildman–Crippen MR) is 94.9 cm³/mol. The Kier molecular flexibility index (Phi) is 3.97. The number of benzene rings is 2. The van der Waals surface area contributed by atoms with Crippen LogP contribution in [0.3, 0.4) is 0 Å². The Morgan fingerprint density at radius 3 is 2.76 bits per heavy atom. The van der Waals surface area contributed by atoms with Crippen molar-refractivity contribution in [2.24, 2.45) is 0 Å². The molecule has 0 bridgehead atoms. The van der Waals surface area contributed by atoms with Crippen LogP contribution in [0, 0.1) is 0 Å². The van der Waals surface area contributed by atoms with E-state index in [9.17, 15) is 13.2 Å². The molecule has 1 aromatic heterocycles. The fourth-order valence-electron chi connectivity index (χ4n) is 3.39. The highest BCUT2D eigenvalue weighted by atomic mass is 32.2. The highest BCUT2D eigenvalue weighted by Crippen LogP contribution is 2.31. The van der Waals surface area contributed by atoms with Gasteiger partial charge in [-0.2, -0.15) is 0 Å². The number of sulfonamides is 1. The standard InChI is InChI=1S/C18H18N2O4S/c21-18-20(16-7-3-4-8-17(16)24-18)11-12-25(22,23)19-15-10-9-13-5-1-2-6-14(13)15/h1-8,15,19H,9-12H2/t15-/m1/s1. The monoisotopic (exact) mass is 358 g/mol. The number of hydrogen-bond acceptors (Lipinski definition) is 4. The number of fused-ring (bicyclic) bond motifs is 2. The van der Waals surface area contributed by atoms with Crippen LogP contribution in [-0.2, 0) is 23.0 Å². The normalized spacial score (nSPS) is 17.0. The quantitative estimate of drug-likeness (QED) is 0.758. The SMILES string of the molecule is O=c1oc2ccccc2n1CCS(=O)(=O)N[C@@H]1CCc2ccccc21. The number of para-hydroxylation sites is 2. The van der Waals surface area contributed by atoms with Gasteiger partial charge in [-0.15, -0.1) is 0 Å². The Balaban J connectivity index is 1.51. The summed E-state index contributed by atoms with van der Waals surface area (Å²) in [4.78, 5) is 11.9. The Morgan fingerprint density at radius 2 is 1.88 bits per heavy atom. The molecule has 130 valence electrons. The molecule has 1 heterocycles. The Labute approximate surface area is 145 Å². The highest BCUT2D eigenvalue weighted by molar-refractivity contribution is 7.89. The molecule has 6 nitrogen and oxygen atoms in total. The van der Waals surface area contributed by atoms with Crippen molar-refractivity contribution in [1.29, 1.82) is 0 Å². The minimum absolute atomic E-state index is 0.0551. The fraction of sp³-hybridized carbons (Fsp3) is 0.278. The second-order valence-electron chi connectivity index (χ2n) is 6.21. The van der Waals surface area contributed by atoms with Crippen molar-refractivity contribution >= 4 is 21.1 Å². The predicted octanol–water partition coefficient (Wildman–Crippen LogP) is 2.20. The Bertz CT molecular complexity index is 1080. The van der Waals surface area contributed by atoms with Crippen LogP contribution in [0.1, 0.15) is 23.6 Å². The lowest BCUT2D eigenvalue weighted by molar-refractivity contribution is 0.508. The molecule has 7 heteroatoms. The third kappa shape index (κ3) is 3.12. The van der Waals surface area contributed by atoms with Crippen LogP contribution in [0.15, 0.2) is 57.7 Å². The zero-order valence-corrected chi connectivity index (χ0v) is 14.3. The summed E-state index contributed by atoms with van der Waals surface area (Å²) in [6.45, 7) is 0.0551. The number of oxazole rings is 1.